The summed E-state index contributed by atoms with van der Waals surface area (Å²) in [4.78, 5) is 13.9. The molecule has 1 rings (SSSR count). The molecular formula is C12H23NO. The maximum atomic E-state index is 11.6. The molecule has 0 amide bonds. The first-order chi connectivity index (χ1) is 6.58. The Balaban J connectivity index is 2.20. The van der Waals surface area contributed by atoms with Crippen molar-refractivity contribution < 1.29 is 4.79 Å². The molecule has 82 valence electrons. The van der Waals surface area contributed by atoms with Crippen molar-refractivity contribution in [2.45, 2.75) is 39.5 Å². The summed E-state index contributed by atoms with van der Waals surface area (Å²) in [6.45, 7) is 6.57. The van der Waals surface area contributed by atoms with E-state index >= 15 is 0 Å². The largest absolute Gasteiger partial charge is 0.306 e. The van der Waals surface area contributed by atoms with E-state index in [0.717, 1.165) is 12.8 Å². The molecule has 1 heterocycles. The van der Waals surface area contributed by atoms with Crippen molar-refractivity contribution in [2.75, 3.05) is 20.1 Å². The van der Waals surface area contributed by atoms with Gasteiger partial charge in [-0.25, -0.2) is 0 Å². The number of carbonyl (C=O) groups excluding carboxylic acids is 1. The molecule has 1 fully saturated rings. The molecular weight excluding hydrogens is 174 g/mol. The van der Waals surface area contributed by atoms with Crippen molar-refractivity contribution in [2.24, 2.45) is 11.8 Å². The third kappa shape index (κ3) is 4.23. The van der Waals surface area contributed by atoms with Crippen LogP contribution in [-0.2, 0) is 4.79 Å². The molecule has 1 saturated heterocycles. The van der Waals surface area contributed by atoms with Gasteiger partial charge in [-0.3, -0.25) is 4.79 Å². The van der Waals surface area contributed by atoms with Crippen LogP contribution in [0.5, 0.6) is 0 Å². The summed E-state index contributed by atoms with van der Waals surface area (Å²) < 4.78 is 0. The Kier molecular flexibility index (Phi) is 4.59. The fourth-order valence-corrected chi connectivity index (χ4v) is 2.13. The highest BCUT2D eigenvalue weighted by molar-refractivity contribution is 5.78. The van der Waals surface area contributed by atoms with Crippen molar-refractivity contribution in [3.05, 3.63) is 0 Å². The molecule has 1 aliphatic heterocycles. The Morgan fingerprint density at radius 1 is 1.36 bits per heavy atom. The van der Waals surface area contributed by atoms with Gasteiger partial charge >= 0.3 is 0 Å². The number of rotatable bonds is 4. The highest BCUT2D eigenvalue weighted by Gasteiger charge is 2.19. The normalized spacial score (nSPS) is 20.3. The van der Waals surface area contributed by atoms with Crippen LogP contribution in [0.1, 0.15) is 39.5 Å². The molecule has 0 aliphatic carbocycles. The van der Waals surface area contributed by atoms with Crippen molar-refractivity contribution in [1.82, 2.24) is 4.90 Å². The highest BCUT2D eigenvalue weighted by Crippen LogP contribution is 2.21. The third-order valence-corrected chi connectivity index (χ3v) is 2.99. The molecule has 0 aromatic carbocycles. The molecule has 2 nitrogen and oxygen atoms in total. The van der Waals surface area contributed by atoms with Crippen LogP contribution in [0, 0.1) is 11.8 Å². The van der Waals surface area contributed by atoms with Gasteiger partial charge in [0, 0.05) is 12.8 Å². The lowest BCUT2D eigenvalue weighted by atomic mass is 9.90. The van der Waals surface area contributed by atoms with E-state index in [2.05, 4.69) is 25.8 Å². The Labute approximate surface area is 87.7 Å². The Morgan fingerprint density at radius 3 is 2.43 bits per heavy atom. The number of Topliss-reactive ketones (excluding diaryl/α,β-unsaturated/α-hetero) is 1. The van der Waals surface area contributed by atoms with E-state index in [1.807, 2.05) is 0 Å². The summed E-state index contributed by atoms with van der Waals surface area (Å²) in [6, 6.07) is 0. The number of carbonyl (C=O) groups is 1. The SMILES string of the molecule is CC(C)CC(=O)CC1CCN(C)CC1. The minimum absolute atomic E-state index is 0.467. The van der Waals surface area contributed by atoms with Crippen molar-refractivity contribution >= 4 is 5.78 Å². The molecule has 1 aliphatic rings. The number of nitrogens with zero attached hydrogens (tertiary/aromatic N) is 1. The van der Waals surface area contributed by atoms with Crippen molar-refractivity contribution in [3.63, 3.8) is 0 Å². The number of likely N-dealkylation sites (tertiary alicyclic amines) is 1. The number of hydrogen-bond acceptors (Lipinski definition) is 2. The van der Waals surface area contributed by atoms with E-state index in [9.17, 15) is 4.79 Å². The highest BCUT2D eigenvalue weighted by atomic mass is 16.1. The molecule has 0 bridgehead atoms. The average molecular weight is 197 g/mol. The van der Waals surface area contributed by atoms with Gasteiger partial charge in [-0.1, -0.05) is 13.8 Å². The third-order valence-electron chi connectivity index (χ3n) is 2.99. The van der Waals surface area contributed by atoms with Gasteiger partial charge in [-0.2, -0.15) is 0 Å². The molecule has 0 spiro atoms. The van der Waals surface area contributed by atoms with Crippen LogP contribution in [0.3, 0.4) is 0 Å². The van der Waals surface area contributed by atoms with Gasteiger partial charge in [0.15, 0.2) is 0 Å². The number of ketones is 1. The minimum Gasteiger partial charge on any atom is -0.306 e. The van der Waals surface area contributed by atoms with Gasteiger partial charge in [0.05, 0.1) is 0 Å². The molecule has 0 unspecified atom stereocenters. The number of piperidine rings is 1. The Bertz CT molecular complexity index is 181. The monoisotopic (exact) mass is 197 g/mol. The van der Waals surface area contributed by atoms with Gasteiger partial charge in [-0.15, -0.1) is 0 Å². The van der Waals surface area contributed by atoms with Crippen LogP contribution in [0.25, 0.3) is 0 Å². The first-order valence-electron chi connectivity index (χ1n) is 5.78. The van der Waals surface area contributed by atoms with Gasteiger partial charge in [0.1, 0.15) is 5.78 Å². The summed E-state index contributed by atoms with van der Waals surface area (Å²) in [5.41, 5.74) is 0. The van der Waals surface area contributed by atoms with Crippen LogP contribution in [-0.4, -0.2) is 30.8 Å². The summed E-state index contributed by atoms with van der Waals surface area (Å²) in [7, 11) is 2.16. The van der Waals surface area contributed by atoms with Gasteiger partial charge in [-0.05, 0) is 44.8 Å². The predicted molar refractivity (Wildman–Crippen MR) is 59.3 cm³/mol. The topological polar surface area (TPSA) is 20.3 Å². The smallest absolute Gasteiger partial charge is 0.133 e. The van der Waals surface area contributed by atoms with E-state index in [-0.39, 0.29) is 0 Å². The van der Waals surface area contributed by atoms with E-state index in [0.29, 0.717) is 17.6 Å². The lowest BCUT2D eigenvalue weighted by molar-refractivity contribution is -0.121. The fourth-order valence-electron chi connectivity index (χ4n) is 2.13. The summed E-state index contributed by atoms with van der Waals surface area (Å²) in [5, 5.41) is 0. The quantitative estimate of drug-likeness (QED) is 0.689. The molecule has 0 aromatic heterocycles. The summed E-state index contributed by atoms with van der Waals surface area (Å²) in [6.07, 6.45) is 4.01. The van der Waals surface area contributed by atoms with E-state index in [1.54, 1.807) is 0 Å². The van der Waals surface area contributed by atoms with Crippen LogP contribution in [0.15, 0.2) is 0 Å². The van der Waals surface area contributed by atoms with E-state index in [1.165, 1.54) is 25.9 Å². The zero-order valence-electron chi connectivity index (χ0n) is 9.75. The van der Waals surface area contributed by atoms with Crippen molar-refractivity contribution in [1.29, 1.82) is 0 Å². The first-order valence-corrected chi connectivity index (χ1v) is 5.78. The summed E-state index contributed by atoms with van der Waals surface area (Å²) >= 11 is 0. The molecule has 2 heteroatoms. The van der Waals surface area contributed by atoms with Crippen LogP contribution in [0.4, 0.5) is 0 Å². The second kappa shape index (κ2) is 5.50. The lowest BCUT2D eigenvalue weighted by Gasteiger charge is -2.28. The maximum Gasteiger partial charge on any atom is 0.133 e. The van der Waals surface area contributed by atoms with E-state index < -0.39 is 0 Å². The maximum absolute atomic E-state index is 11.6. The standard InChI is InChI=1S/C12H23NO/c1-10(2)8-12(14)9-11-4-6-13(3)7-5-11/h10-11H,4-9H2,1-3H3. The average Bonchev–Trinajstić information content (AvgIpc) is 2.07. The fraction of sp³-hybridized carbons (Fsp3) is 0.917. The molecule has 0 radical (unpaired) electrons. The second-order valence-electron chi connectivity index (χ2n) is 5.09. The van der Waals surface area contributed by atoms with Crippen LogP contribution < -0.4 is 0 Å². The second-order valence-corrected chi connectivity index (χ2v) is 5.09. The minimum atomic E-state index is 0.467. The number of hydrogen-bond donors (Lipinski definition) is 0. The van der Waals surface area contributed by atoms with E-state index in [4.69, 9.17) is 0 Å². The van der Waals surface area contributed by atoms with Gasteiger partial charge in [0.25, 0.3) is 0 Å². The summed E-state index contributed by atoms with van der Waals surface area (Å²) in [5.74, 6) is 1.65. The molecule has 0 saturated carbocycles. The molecule has 0 aromatic rings. The van der Waals surface area contributed by atoms with Crippen LogP contribution >= 0.6 is 0 Å². The van der Waals surface area contributed by atoms with Gasteiger partial charge in [0.2, 0.25) is 0 Å². The zero-order valence-corrected chi connectivity index (χ0v) is 9.75. The molecule has 0 N–H and O–H groups in total. The Hall–Kier alpha value is -0.370. The Morgan fingerprint density at radius 2 is 1.93 bits per heavy atom. The molecule has 0 atom stereocenters. The first kappa shape index (κ1) is 11.7. The zero-order chi connectivity index (χ0) is 10.6. The van der Waals surface area contributed by atoms with Gasteiger partial charge < -0.3 is 4.90 Å². The molecule has 14 heavy (non-hydrogen) atoms. The van der Waals surface area contributed by atoms with Crippen LogP contribution in [0.2, 0.25) is 0 Å². The lowest BCUT2D eigenvalue weighted by Crippen LogP contribution is -2.31. The van der Waals surface area contributed by atoms with Crippen molar-refractivity contribution in [3.8, 4) is 0 Å². The predicted octanol–water partition coefficient (Wildman–Crippen LogP) is 2.33.